The number of aromatic nitrogens is 2. The van der Waals surface area contributed by atoms with E-state index in [1.165, 1.54) is 6.07 Å². The Morgan fingerprint density at radius 1 is 1.09 bits per heavy atom. The van der Waals surface area contributed by atoms with Gasteiger partial charge in [0, 0.05) is 17.4 Å². The number of benzene rings is 1. The maximum atomic E-state index is 12.2. The summed E-state index contributed by atoms with van der Waals surface area (Å²) in [6.07, 6.45) is 3.56. The Labute approximate surface area is 141 Å². The van der Waals surface area contributed by atoms with Crippen LogP contribution in [0.2, 0.25) is 15.1 Å². The summed E-state index contributed by atoms with van der Waals surface area (Å²) in [7, 11) is 0. The molecular formula is C15H10Cl3N3O. The van der Waals surface area contributed by atoms with Crippen molar-refractivity contribution >= 4 is 46.4 Å². The number of pyridine rings is 1. The van der Waals surface area contributed by atoms with Gasteiger partial charge in [0.05, 0.1) is 27.8 Å². The molecule has 0 fully saturated rings. The summed E-state index contributed by atoms with van der Waals surface area (Å²) in [4.78, 5) is 16.5. The van der Waals surface area contributed by atoms with Crippen LogP contribution in [0, 0.1) is 0 Å². The second-order valence-corrected chi connectivity index (χ2v) is 5.93. The third-order valence-electron chi connectivity index (χ3n) is 3.07. The molecule has 3 aromatic rings. The lowest BCUT2D eigenvalue weighted by Crippen LogP contribution is -2.23. The number of hydrogen-bond donors (Lipinski definition) is 1. The zero-order valence-corrected chi connectivity index (χ0v) is 13.5. The predicted octanol–water partition coefficient (Wildman–Crippen LogP) is 4.22. The number of nitrogens with zero attached hydrogens (tertiary/aromatic N) is 2. The molecule has 0 atom stereocenters. The van der Waals surface area contributed by atoms with Gasteiger partial charge in [-0.2, -0.15) is 0 Å². The molecule has 0 aliphatic heterocycles. The molecule has 1 amide bonds. The SMILES string of the molecule is O=C(NCc1cn2cc(Cl)ccc2n1)c1cc(Cl)ccc1Cl. The number of hydrogen-bond acceptors (Lipinski definition) is 2. The van der Waals surface area contributed by atoms with Crippen molar-refractivity contribution in [2.24, 2.45) is 0 Å². The predicted molar refractivity (Wildman–Crippen MR) is 87.8 cm³/mol. The molecular weight excluding hydrogens is 345 g/mol. The number of carbonyl (C=O) groups is 1. The Hall–Kier alpha value is -1.75. The average Bonchev–Trinajstić information content (AvgIpc) is 2.89. The van der Waals surface area contributed by atoms with E-state index in [0.717, 1.165) is 5.65 Å². The number of halogens is 3. The number of carbonyl (C=O) groups excluding carboxylic acids is 1. The maximum Gasteiger partial charge on any atom is 0.253 e. The van der Waals surface area contributed by atoms with E-state index in [2.05, 4.69) is 10.3 Å². The molecule has 0 saturated heterocycles. The van der Waals surface area contributed by atoms with Crippen LogP contribution in [0.1, 0.15) is 16.1 Å². The molecule has 22 heavy (non-hydrogen) atoms. The van der Waals surface area contributed by atoms with Gasteiger partial charge in [-0.1, -0.05) is 34.8 Å². The highest BCUT2D eigenvalue weighted by Gasteiger charge is 2.11. The lowest BCUT2D eigenvalue weighted by atomic mass is 10.2. The highest BCUT2D eigenvalue weighted by molar-refractivity contribution is 6.35. The normalized spacial score (nSPS) is 10.9. The van der Waals surface area contributed by atoms with Gasteiger partial charge in [0.2, 0.25) is 0 Å². The monoisotopic (exact) mass is 353 g/mol. The molecule has 0 unspecified atom stereocenters. The Kier molecular flexibility index (Phi) is 4.25. The van der Waals surface area contributed by atoms with Crippen LogP contribution in [-0.4, -0.2) is 15.3 Å². The van der Waals surface area contributed by atoms with Gasteiger partial charge in [-0.3, -0.25) is 4.79 Å². The van der Waals surface area contributed by atoms with E-state index in [1.807, 2.05) is 6.07 Å². The first kappa shape index (κ1) is 15.2. The van der Waals surface area contributed by atoms with Gasteiger partial charge in [-0.05, 0) is 30.3 Å². The van der Waals surface area contributed by atoms with Gasteiger partial charge in [0.15, 0.2) is 0 Å². The van der Waals surface area contributed by atoms with Crippen LogP contribution in [0.4, 0.5) is 0 Å². The Balaban J connectivity index is 1.75. The van der Waals surface area contributed by atoms with Crippen molar-refractivity contribution < 1.29 is 4.79 Å². The van der Waals surface area contributed by atoms with Gasteiger partial charge in [0.25, 0.3) is 5.91 Å². The van der Waals surface area contributed by atoms with Crippen LogP contribution in [0.25, 0.3) is 5.65 Å². The molecule has 2 heterocycles. The van der Waals surface area contributed by atoms with Crippen molar-refractivity contribution in [3.05, 3.63) is 69.1 Å². The minimum atomic E-state index is -0.303. The van der Waals surface area contributed by atoms with E-state index in [-0.39, 0.29) is 12.5 Å². The second kappa shape index (κ2) is 6.16. The zero-order chi connectivity index (χ0) is 15.7. The fourth-order valence-electron chi connectivity index (χ4n) is 2.04. The van der Waals surface area contributed by atoms with Crippen molar-refractivity contribution in [2.75, 3.05) is 0 Å². The third kappa shape index (κ3) is 3.19. The van der Waals surface area contributed by atoms with Gasteiger partial charge in [-0.25, -0.2) is 4.98 Å². The first-order valence-electron chi connectivity index (χ1n) is 6.39. The molecule has 2 aromatic heterocycles. The number of nitrogens with one attached hydrogen (secondary N) is 1. The van der Waals surface area contributed by atoms with E-state index < -0.39 is 0 Å². The molecule has 0 saturated carbocycles. The van der Waals surface area contributed by atoms with E-state index in [4.69, 9.17) is 34.8 Å². The van der Waals surface area contributed by atoms with Crippen LogP contribution in [0.5, 0.6) is 0 Å². The maximum absolute atomic E-state index is 12.2. The minimum absolute atomic E-state index is 0.279. The lowest BCUT2D eigenvalue weighted by Gasteiger charge is -2.05. The Morgan fingerprint density at radius 3 is 2.68 bits per heavy atom. The van der Waals surface area contributed by atoms with E-state index in [9.17, 15) is 4.79 Å². The fraction of sp³-hybridized carbons (Fsp3) is 0.0667. The van der Waals surface area contributed by atoms with Crippen LogP contribution < -0.4 is 5.32 Å². The van der Waals surface area contributed by atoms with E-state index >= 15 is 0 Å². The fourth-order valence-corrected chi connectivity index (χ4v) is 2.58. The van der Waals surface area contributed by atoms with Crippen LogP contribution in [0.3, 0.4) is 0 Å². The summed E-state index contributed by atoms with van der Waals surface area (Å²) in [5.74, 6) is -0.303. The van der Waals surface area contributed by atoms with Crippen molar-refractivity contribution in [3.63, 3.8) is 0 Å². The quantitative estimate of drug-likeness (QED) is 0.765. The summed E-state index contributed by atoms with van der Waals surface area (Å²) in [5, 5.41) is 4.19. The zero-order valence-electron chi connectivity index (χ0n) is 11.2. The molecule has 0 aliphatic rings. The summed E-state index contributed by atoms with van der Waals surface area (Å²) < 4.78 is 1.80. The summed E-state index contributed by atoms with van der Waals surface area (Å²) >= 11 is 17.8. The van der Waals surface area contributed by atoms with Crippen molar-refractivity contribution in [1.29, 1.82) is 0 Å². The van der Waals surface area contributed by atoms with E-state index in [1.54, 1.807) is 35.0 Å². The third-order valence-corrected chi connectivity index (χ3v) is 3.86. The number of rotatable bonds is 3. The standard InChI is InChI=1S/C15H10Cl3N3O/c16-9-1-3-13(18)12(5-9)15(22)19-6-11-8-21-7-10(17)2-4-14(21)20-11/h1-5,7-8H,6H2,(H,19,22). The van der Waals surface area contributed by atoms with Crippen molar-refractivity contribution in [1.82, 2.24) is 14.7 Å². The molecule has 0 radical (unpaired) electrons. The lowest BCUT2D eigenvalue weighted by molar-refractivity contribution is 0.0950. The van der Waals surface area contributed by atoms with Crippen LogP contribution in [-0.2, 0) is 6.54 Å². The van der Waals surface area contributed by atoms with Crippen LogP contribution in [0.15, 0.2) is 42.7 Å². The molecule has 1 aromatic carbocycles. The number of fused-ring (bicyclic) bond motifs is 1. The van der Waals surface area contributed by atoms with E-state index in [0.29, 0.717) is 26.3 Å². The molecule has 1 N–H and O–H groups in total. The Bertz CT molecular complexity index is 860. The second-order valence-electron chi connectivity index (χ2n) is 4.65. The average molecular weight is 355 g/mol. The van der Waals surface area contributed by atoms with Crippen molar-refractivity contribution in [2.45, 2.75) is 6.54 Å². The molecule has 7 heteroatoms. The molecule has 112 valence electrons. The largest absolute Gasteiger partial charge is 0.346 e. The highest BCUT2D eigenvalue weighted by atomic mass is 35.5. The number of amides is 1. The van der Waals surface area contributed by atoms with Crippen LogP contribution >= 0.6 is 34.8 Å². The summed E-state index contributed by atoms with van der Waals surface area (Å²) in [6, 6.07) is 8.32. The topological polar surface area (TPSA) is 46.4 Å². The van der Waals surface area contributed by atoms with Gasteiger partial charge < -0.3 is 9.72 Å². The molecule has 0 aliphatic carbocycles. The molecule has 0 spiro atoms. The molecule has 3 rings (SSSR count). The minimum Gasteiger partial charge on any atom is -0.346 e. The number of imidazole rings is 1. The van der Waals surface area contributed by atoms with Gasteiger partial charge in [-0.15, -0.1) is 0 Å². The Morgan fingerprint density at radius 2 is 1.86 bits per heavy atom. The molecule has 4 nitrogen and oxygen atoms in total. The van der Waals surface area contributed by atoms with Gasteiger partial charge in [0.1, 0.15) is 5.65 Å². The first-order chi connectivity index (χ1) is 10.5. The first-order valence-corrected chi connectivity index (χ1v) is 7.53. The highest BCUT2D eigenvalue weighted by Crippen LogP contribution is 2.20. The summed E-state index contributed by atoms with van der Waals surface area (Å²) in [5.41, 5.74) is 1.81. The van der Waals surface area contributed by atoms with Crippen molar-refractivity contribution in [3.8, 4) is 0 Å². The molecule has 0 bridgehead atoms. The van der Waals surface area contributed by atoms with Gasteiger partial charge >= 0.3 is 0 Å². The summed E-state index contributed by atoms with van der Waals surface area (Å²) in [6.45, 7) is 0.279. The smallest absolute Gasteiger partial charge is 0.253 e.